The number of rotatable bonds is 1. The van der Waals surface area contributed by atoms with Gasteiger partial charge < -0.3 is 11.2 Å². The Kier molecular flexibility index (Phi) is 23.4. The van der Waals surface area contributed by atoms with Gasteiger partial charge in [0, 0.05) is 17.1 Å². The zero-order valence-corrected chi connectivity index (χ0v) is 5.55. The summed E-state index contributed by atoms with van der Waals surface area (Å²) in [7, 11) is -2.54. The summed E-state index contributed by atoms with van der Waals surface area (Å²) in [6.07, 6.45) is 0. The minimum absolute atomic E-state index is 0. The summed E-state index contributed by atoms with van der Waals surface area (Å²) >= 11 is 0. The van der Waals surface area contributed by atoms with E-state index in [0.29, 0.717) is 0 Å². The van der Waals surface area contributed by atoms with Crippen LogP contribution in [0.2, 0.25) is 0 Å². The molecule has 7 heteroatoms. The fourth-order valence-corrected chi connectivity index (χ4v) is 0. The maximum atomic E-state index is 7.51. The van der Waals surface area contributed by atoms with E-state index >= 15 is 0 Å². The predicted octanol–water partition coefficient (Wildman–Crippen LogP) is -3.20. The van der Waals surface area contributed by atoms with Crippen LogP contribution in [0.15, 0.2) is 0 Å². The Bertz CT molecular complexity index is 30.0. The topological polar surface area (TPSA) is 69.9 Å². The van der Waals surface area contributed by atoms with Crippen LogP contribution in [-0.2, 0) is 21.7 Å². The quantitative estimate of drug-likeness (QED) is 0.164. The third-order valence-electron chi connectivity index (χ3n) is 0.0730. The molecule has 0 spiro atoms. The maximum absolute atomic E-state index is 7.51. The van der Waals surface area contributed by atoms with Crippen molar-refractivity contribution in [3.63, 3.8) is 0 Å². The Morgan fingerprint density at radius 3 is 1.57 bits per heavy atom. The van der Waals surface area contributed by atoms with E-state index in [0.717, 1.165) is 0 Å². The average molecular weight is 162 g/mol. The van der Waals surface area contributed by atoms with Crippen molar-refractivity contribution < 1.29 is 57.1 Å². The fraction of sp³-hybridized carbons (Fsp3) is 0. The molecule has 0 heterocycles. The van der Waals surface area contributed by atoms with E-state index in [1.54, 1.807) is 0 Å². The van der Waals surface area contributed by atoms with Gasteiger partial charge in [-0.25, -0.2) is 5.26 Å². The van der Waals surface area contributed by atoms with E-state index in [-0.39, 0.29) is 37.4 Å². The second-order valence-electron chi connectivity index (χ2n) is 0.334. The van der Waals surface area contributed by atoms with Crippen LogP contribution in [-0.4, -0.2) is 15.0 Å². The van der Waals surface area contributed by atoms with Crippen LogP contribution in [0, 0.1) is 0 Å². The van der Waals surface area contributed by atoms with Crippen molar-refractivity contribution in [3.05, 3.63) is 0 Å². The van der Waals surface area contributed by atoms with Crippen molar-refractivity contribution in [2.75, 3.05) is 0 Å². The van der Waals surface area contributed by atoms with E-state index in [1.807, 2.05) is 0 Å². The summed E-state index contributed by atoms with van der Waals surface area (Å²) in [6.45, 7) is 0. The zero-order valence-electron chi connectivity index (χ0n) is 4.55. The first-order valence-electron chi connectivity index (χ1n) is 0.765. The van der Waals surface area contributed by atoms with Crippen molar-refractivity contribution >= 4 is 8.60 Å². The van der Waals surface area contributed by atoms with Gasteiger partial charge in [0.05, 0.1) is 0 Å². The Labute approximate surface area is 65.9 Å². The third-order valence-corrected chi connectivity index (χ3v) is 0.219. The van der Waals surface area contributed by atoms with E-state index < -0.39 is 8.60 Å². The molecule has 0 aliphatic rings. The van der Waals surface area contributed by atoms with Crippen molar-refractivity contribution in [3.8, 4) is 0 Å². The van der Waals surface area contributed by atoms with Gasteiger partial charge in [-0.3, -0.25) is 0 Å². The molecule has 0 amide bonds. The number of hydrogen-bond donors (Lipinski definition) is 3. The van der Waals surface area contributed by atoms with Crippen LogP contribution in [0.4, 0.5) is 0 Å². The molecule has 0 unspecified atom stereocenters. The Balaban J connectivity index is -0.0000000267. The zero-order chi connectivity index (χ0) is 4.28. The van der Waals surface area contributed by atoms with Gasteiger partial charge in [-0.15, -0.1) is 0 Å². The molecular weight excluding hydrogens is 158 g/mol. The second-order valence-corrected chi connectivity index (χ2v) is 1.00. The fourth-order valence-electron chi connectivity index (χ4n) is 0. The van der Waals surface area contributed by atoms with Crippen molar-refractivity contribution in [2.24, 2.45) is 0 Å². The van der Waals surface area contributed by atoms with Gasteiger partial charge in [0.15, 0.2) is 0 Å². The van der Waals surface area contributed by atoms with Gasteiger partial charge in [0.1, 0.15) is 0 Å². The Hall–Kier alpha value is 1.39. The molecule has 0 aliphatic carbocycles. The first-order chi connectivity index (χ1) is 2.27. The molecule has 7 heavy (non-hydrogen) atoms. The maximum Gasteiger partial charge on any atom is 1.00 e. The molecule has 0 aromatic rings. The van der Waals surface area contributed by atoms with Crippen LogP contribution in [0.3, 0.4) is 0 Å². The molecule has 0 aromatic carbocycles. The SMILES string of the molecule is OOP(O)O.[Fe].[H-].[Li+]. The first-order valence-corrected chi connectivity index (χ1v) is 1.93. The third kappa shape index (κ3) is 18.7. The summed E-state index contributed by atoms with van der Waals surface area (Å²) in [6, 6.07) is 0. The normalized spacial score (nSPS) is 6.86. The van der Waals surface area contributed by atoms with Gasteiger partial charge in [0.2, 0.25) is 0 Å². The molecule has 0 aromatic heterocycles. The molecule has 4 nitrogen and oxygen atoms in total. The Morgan fingerprint density at radius 1 is 1.43 bits per heavy atom. The van der Waals surface area contributed by atoms with E-state index in [2.05, 4.69) is 4.67 Å². The molecule has 0 rings (SSSR count). The molecule has 0 fully saturated rings. The van der Waals surface area contributed by atoms with E-state index in [9.17, 15) is 0 Å². The number of hydrogen-bond acceptors (Lipinski definition) is 4. The van der Waals surface area contributed by atoms with Crippen LogP contribution < -0.4 is 18.9 Å². The first kappa shape index (κ1) is 15.8. The smallest absolute Gasteiger partial charge is 1.00 e. The summed E-state index contributed by atoms with van der Waals surface area (Å²) in [4.78, 5) is 15.0. The van der Waals surface area contributed by atoms with Crippen LogP contribution in [0.25, 0.3) is 0 Å². The summed E-state index contributed by atoms with van der Waals surface area (Å²) < 4.78 is 2.93. The van der Waals surface area contributed by atoms with Gasteiger partial charge in [-0.05, 0) is 0 Å². The molecule has 3 N–H and O–H groups in total. The van der Waals surface area contributed by atoms with E-state index in [4.69, 9.17) is 15.0 Å². The largest absolute Gasteiger partial charge is 1.00 e. The van der Waals surface area contributed by atoms with Crippen molar-refractivity contribution in [1.29, 1.82) is 0 Å². The van der Waals surface area contributed by atoms with E-state index in [1.165, 1.54) is 0 Å². The van der Waals surface area contributed by atoms with Gasteiger partial charge in [-0.2, -0.15) is 4.67 Å². The molecule has 0 bridgehead atoms. The standard InChI is InChI=1S/Fe.Li.H3O4P.H/c;;1-4-5(2)3;/h;;1-3H;/q;+1;;-1. The minimum Gasteiger partial charge on any atom is -1.00 e. The van der Waals surface area contributed by atoms with Crippen LogP contribution >= 0.6 is 8.60 Å². The van der Waals surface area contributed by atoms with Crippen molar-refractivity contribution in [1.82, 2.24) is 0 Å². The molecule has 0 atom stereocenters. The van der Waals surface area contributed by atoms with Crippen LogP contribution in [0.1, 0.15) is 1.43 Å². The summed E-state index contributed by atoms with van der Waals surface area (Å²) in [5, 5.41) is 7.17. The molecule has 0 saturated heterocycles. The molecule has 0 radical (unpaired) electrons. The predicted molar refractivity (Wildman–Crippen MR) is 16.2 cm³/mol. The molecule has 0 saturated carbocycles. The summed E-state index contributed by atoms with van der Waals surface area (Å²) in [5.74, 6) is 0. The molecule has 42 valence electrons. The van der Waals surface area contributed by atoms with Gasteiger partial charge >= 0.3 is 27.5 Å². The van der Waals surface area contributed by atoms with Crippen LogP contribution in [0.5, 0.6) is 0 Å². The molecular formula is H4FeLiO4P. The average Bonchev–Trinajstić information content (AvgIpc) is 1.38. The minimum atomic E-state index is -2.54. The molecule has 0 aliphatic heterocycles. The summed E-state index contributed by atoms with van der Waals surface area (Å²) in [5.41, 5.74) is 0. The van der Waals surface area contributed by atoms with Gasteiger partial charge in [-0.1, -0.05) is 0 Å². The Morgan fingerprint density at radius 2 is 1.57 bits per heavy atom. The second kappa shape index (κ2) is 10.4. The van der Waals surface area contributed by atoms with Crippen molar-refractivity contribution in [2.45, 2.75) is 0 Å². The van der Waals surface area contributed by atoms with Gasteiger partial charge in [0.25, 0.3) is 0 Å². The monoisotopic (exact) mass is 162 g/mol.